The van der Waals surface area contributed by atoms with Gasteiger partial charge in [-0.15, -0.1) is 0 Å². The summed E-state index contributed by atoms with van der Waals surface area (Å²) in [6.07, 6.45) is 2.62. The van der Waals surface area contributed by atoms with Crippen LogP contribution in [0.2, 0.25) is 0 Å². The lowest BCUT2D eigenvalue weighted by Crippen LogP contribution is -2.49. The first-order chi connectivity index (χ1) is 8.59. The van der Waals surface area contributed by atoms with E-state index in [4.69, 9.17) is 0 Å². The van der Waals surface area contributed by atoms with Gasteiger partial charge in [0, 0.05) is 5.57 Å². The summed E-state index contributed by atoms with van der Waals surface area (Å²) >= 11 is 0. The van der Waals surface area contributed by atoms with Gasteiger partial charge >= 0.3 is 5.97 Å². The molecule has 1 aliphatic heterocycles. The number of carboxylic acids is 1. The second kappa shape index (κ2) is 4.64. The van der Waals surface area contributed by atoms with Gasteiger partial charge in [-0.05, 0) is 18.1 Å². The van der Waals surface area contributed by atoms with Crippen molar-refractivity contribution in [2.75, 3.05) is 0 Å². The number of rotatable bonds is 4. The Morgan fingerprint density at radius 1 is 1.33 bits per heavy atom. The summed E-state index contributed by atoms with van der Waals surface area (Å²) in [6, 6.07) is 9.10. The molecular weight excluding hydrogens is 230 g/mol. The standard InChI is InChI=1S/C14H15NO3/c1-2-8-14(13(17)18)9-11(12(16)15-14)10-6-4-3-5-7-10/h3-7,9H,2,8H2,1H3,(H,15,16)(H,17,18). The van der Waals surface area contributed by atoms with Gasteiger partial charge in [0.2, 0.25) is 0 Å². The van der Waals surface area contributed by atoms with Crippen LogP contribution in [0, 0.1) is 0 Å². The second-order valence-electron chi connectivity index (χ2n) is 4.40. The fourth-order valence-electron chi connectivity index (χ4n) is 2.20. The minimum atomic E-state index is -1.25. The maximum atomic E-state index is 11.9. The highest BCUT2D eigenvalue weighted by molar-refractivity contribution is 6.24. The molecule has 0 spiro atoms. The van der Waals surface area contributed by atoms with Crippen LogP contribution in [-0.2, 0) is 9.59 Å². The van der Waals surface area contributed by atoms with Crippen molar-refractivity contribution in [2.45, 2.75) is 25.3 Å². The lowest BCUT2D eigenvalue weighted by molar-refractivity contribution is -0.144. The molecule has 1 aromatic rings. The zero-order valence-electron chi connectivity index (χ0n) is 10.1. The third-order valence-electron chi connectivity index (χ3n) is 3.08. The molecule has 94 valence electrons. The second-order valence-corrected chi connectivity index (χ2v) is 4.40. The summed E-state index contributed by atoms with van der Waals surface area (Å²) in [7, 11) is 0. The minimum Gasteiger partial charge on any atom is -0.479 e. The maximum absolute atomic E-state index is 11.9. The number of amides is 1. The summed E-state index contributed by atoms with van der Waals surface area (Å²) in [5.74, 6) is -1.33. The summed E-state index contributed by atoms with van der Waals surface area (Å²) in [6.45, 7) is 1.89. The molecule has 0 aromatic heterocycles. The predicted octanol–water partition coefficient (Wildman–Crippen LogP) is 1.82. The molecule has 2 rings (SSSR count). The number of aliphatic carboxylic acids is 1. The number of nitrogens with one attached hydrogen (secondary N) is 1. The van der Waals surface area contributed by atoms with E-state index in [1.165, 1.54) is 6.08 Å². The average molecular weight is 245 g/mol. The number of carbonyl (C=O) groups is 2. The Morgan fingerprint density at radius 2 is 2.00 bits per heavy atom. The first-order valence-electron chi connectivity index (χ1n) is 5.93. The van der Waals surface area contributed by atoms with E-state index in [1.54, 1.807) is 12.1 Å². The van der Waals surface area contributed by atoms with Gasteiger partial charge in [0.1, 0.15) is 0 Å². The summed E-state index contributed by atoms with van der Waals surface area (Å²) in [5, 5.41) is 11.9. The molecule has 0 aliphatic carbocycles. The van der Waals surface area contributed by atoms with Crippen LogP contribution in [0.3, 0.4) is 0 Å². The normalized spacial score (nSPS) is 22.5. The average Bonchev–Trinajstić information content (AvgIpc) is 2.69. The Bertz CT molecular complexity index is 507. The van der Waals surface area contributed by atoms with E-state index in [9.17, 15) is 14.7 Å². The molecule has 4 heteroatoms. The molecule has 1 atom stereocenters. The van der Waals surface area contributed by atoms with E-state index < -0.39 is 11.5 Å². The zero-order valence-corrected chi connectivity index (χ0v) is 10.1. The monoisotopic (exact) mass is 245 g/mol. The van der Waals surface area contributed by atoms with Crippen LogP contribution in [-0.4, -0.2) is 22.5 Å². The van der Waals surface area contributed by atoms with Crippen LogP contribution in [0.15, 0.2) is 36.4 Å². The van der Waals surface area contributed by atoms with Crippen molar-refractivity contribution in [1.29, 1.82) is 0 Å². The van der Waals surface area contributed by atoms with Crippen LogP contribution < -0.4 is 5.32 Å². The molecule has 4 nitrogen and oxygen atoms in total. The Morgan fingerprint density at radius 3 is 2.56 bits per heavy atom. The van der Waals surface area contributed by atoms with E-state index in [0.717, 1.165) is 5.56 Å². The molecular formula is C14H15NO3. The van der Waals surface area contributed by atoms with E-state index in [0.29, 0.717) is 18.4 Å². The van der Waals surface area contributed by atoms with Crippen molar-refractivity contribution in [3.63, 3.8) is 0 Å². The molecule has 0 bridgehead atoms. The minimum absolute atomic E-state index is 0.322. The highest BCUT2D eigenvalue weighted by atomic mass is 16.4. The van der Waals surface area contributed by atoms with Gasteiger partial charge in [-0.3, -0.25) is 4.79 Å². The smallest absolute Gasteiger partial charge is 0.333 e. The fraction of sp³-hybridized carbons (Fsp3) is 0.286. The van der Waals surface area contributed by atoms with Crippen LogP contribution in [0.5, 0.6) is 0 Å². The van der Waals surface area contributed by atoms with E-state index >= 15 is 0 Å². The zero-order chi connectivity index (χ0) is 13.2. The van der Waals surface area contributed by atoms with Gasteiger partial charge in [-0.25, -0.2) is 4.79 Å². The highest BCUT2D eigenvalue weighted by Gasteiger charge is 2.43. The molecule has 0 saturated heterocycles. The molecule has 1 heterocycles. The fourth-order valence-corrected chi connectivity index (χ4v) is 2.20. The molecule has 0 radical (unpaired) electrons. The Kier molecular flexibility index (Phi) is 3.19. The number of carbonyl (C=O) groups excluding carboxylic acids is 1. The summed E-state index contributed by atoms with van der Waals surface area (Å²) < 4.78 is 0. The Labute approximate surface area is 105 Å². The summed E-state index contributed by atoms with van der Waals surface area (Å²) in [4.78, 5) is 23.3. The molecule has 0 fully saturated rings. The molecule has 1 aromatic carbocycles. The van der Waals surface area contributed by atoms with Crippen molar-refractivity contribution >= 4 is 17.4 Å². The highest BCUT2D eigenvalue weighted by Crippen LogP contribution is 2.29. The number of hydrogen-bond donors (Lipinski definition) is 2. The Hall–Kier alpha value is -2.10. The molecule has 1 unspecified atom stereocenters. The quantitative estimate of drug-likeness (QED) is 0.850. The summed E-state index contributed by atoms with van der Waals surface area (Å²) in [5.41, 5.74) is -0.0718. The van der Waals surface area contributed by atoms with Crippen molar-refractivity contribution < 1.29 is 14.7 Å². The number of benzene rings is 1. The maximum Gasteiger partial charge on any atom is 0.333 e. The molecule has 0 saturated carbocycles. The van der Waals surface area contributed by atoms with Crippen molar-refractivity contribution in [1.82, 2.24) is 5.32 Å². The van der Waals surface area contributed by atoms with E-state index in [1.807, 2.05) is 25.1 Å². The van der Waals surface area contributed by atoms with Crippen molar-refractivity contribution in [3.8, 4) is 0 Å². The molecule has 2 N–H and O–H groups in total. The third-order valence-corrected chi connectivity index (χ3v) is 3.08. The largest absolute Gasteiger partial charge is 0.479 e. The van der Waals surface area contributed by atoms with Crippen LogP contribution in [0.4, 0.5) is 0 Å². The first kappa shape index (κ1) is 12.4. The van der Waals surface area contributed by atoms with Crippen molar-refractivity contribution in [2.24, 2.45) is 0 Å². The van der Waals surface area contributed by atoms with E-state index in [2.05, 4.69) is 5.32 Å². The number of carboxylic acid groups (broad SMARTS) is 1. The van der Waals surface area contributed by atoms with Gasteiger partial charge in [0.05, 0.1) is 0 Å². The molecule has 1 aliphatic rings. The first-order valence-corrected chi connectivity index (χ1v) is 5.93. The van der Waals surface area contributed by atoms with Gasteiger partial charge < -0.3 is 10.4 Å². The van der Waals surface area contributed by atoms with Crippen LogP contribution in [0.1, 0.15) is 25.3 Å². The third kappa shape index (κ3) is 2.01. The van der Waals surface area contributed by atoms with Gasteiger partial charge in [-0.2, -0.15) is 0 Å². The lowest BCUT2D eigenvalue weighted by atomic mass is 9.93. The lowest BCUT2D eigenvalue weighted by Gasteiger charge is -2.21. The predicted molar refractivity (Wildman–Crippen MR) is 67.8 cm³/mol. The topological polar surface area (TPSA) is 66.4 Å². The molecule has 18 heavy (non-hydrogen) atoms. The molecule has 1 amide bonds. The number of hydrogen-bond acceptors (Lipinski definition) is 2. The van der Waals surface area contributed by atoms with E-state index in [-0.39, 0.29) is 5.91 Å². The Balaban J connectivity index is 2.43. The van der Waals surface area contributed by atoms with Crippen LogP contribution >= 0.6 is 0 Å². The van der Waals surface area contributed by atoms with Crippen molar-refractivity contribution in [3.05, 3.63) is 42.0 Å². The van der Waals surface area contributed by atoms with Crippen LogP contribution in [0.25, 0.3) is 5.57 Å². The van der Waals surface area contributed by atoms with Gasteiger partial charge in [0.15, 0.2) is 5.54 Å². The SMILES string of the molecule is CCCC1(C(=O)O)C=C(c2ccccc2)C(=O)N1. The van der Waals surface area contributed by atoms with Gasteiger partial charge in [-0.1, -0.05) is 43.7 Å². The van der Waals surface area contributed by atoms with Gasteiger partial charge in [0.25, 0.3) is 5.91 Å².